The second kappa shape index (κ2) is 4.39. The smallest absolute Gasteiger partial charge is 0.377 e. The molecule has 0 amide bonds. The Balaban J connectivity index is 3.26. The molecule has 80 valence electrons. The monoisotopic (exact) mass is 276 g/mol. The number of benzene rings is 1. The van der Waals surface area contributed by atoms with E-state index in [2.05, 4.69) is 15.9 Å². The number of hydrogen-bond donors (Lipinski definition) is 1. The predicted molar refractivity (Wildman–Crippen MR) is 52.6 cm³/mol. The number of rotatable bonds is 3. The maximum absolute atomic E-state index is 13.2. The molecule has 0 saturated heterocycles. The molecule has 0 aromatic heterocycles. The molecular weight excluding hydrogens is 271 g/mol. The maximum atomic E-state index is 13.2. The van der Waals surface area contributed by atoms with Gasteiger partial charge in [-0.3, -0.25) is 4.79 Å². The largest absolute Gasteiger partial charge is 0.492 e. The highest BCUT2D eigenvalue weighted by atomic mass is 79.9. The van der Waals surface area contributed by atoms with Gasteiger partial charge in [0.05, 0.1) is 11.6 Å². The van der Waals surface area contributed by atoms with Gasteiger partial charge in [-0.15, -0.1) is 0 Å². The Hall–Kier alpha value is -1.43. The summed E-state index contributed by atoms with van der Waals surface area (Å²) in [6.07, 6.45) is 0. The molecule has 0 bridgehead atoms. The number of carbonyl (C=O) groups is 2. The van der Waals surface area contributed by atoms with Crippen molar-refractivity contribution in [2.24, 2.45) is 0 Å². The molecule has 0 atom stereocenters. The molecule has 1 aromatic rings. The third-order valence-electron chi connectivity index (χ3n) is 1.66. The molecule has 0 unspecified atom stereocenters. The number of ketones is 1. The van der Waals surface area contributed by atoms with E-state index in [0.717, 1.165) is 6.07 Å². The van der Waals surface area contributed by atoms with E-state index < -0.39 is 17.6 Å². The van der Waals surface area contributed by atoms with Gasteiger partial charge in [-0.1, -0.05) is 0 Å². The van der Waals surface area contributed by atoms with E-state index in [9.17, 15) is 14.0 Å². The molecule has 1 aromatic carbocycles. The number of carboxylic acids is 1. The molecule has 0 aliphatic rings. The number of carbonyl (C=O) groups excluding carboxylic acids is 1. The van der Waals surface area contributed by atoms with Crippen LogP contribution in [0.4, 0.5) is 4.39 Å². The number of halogens is 2. The van der Waals surface area contributed by atoms with Crippen LogP contribution in [0.1, 0.15) is 10.4 Å². The van der Waals surface area contributed by atoms with Crippen molar-refractivity contribution in [3.63, 3.8) is 0 Å². The molecule has 1 rings (SSSR count). The molecule has 0 saturated carbocycles. The Morgan fingerprint density at radius 1 is 1.47 bits per heavy atom. The molecular formula is C9H6BrFO4. The number of Topliss-reactive ketones (excluding diaryl/α,β-unsaturated/α-hetero) is 1. The van der Waals surface area contributed by atoms with Crippen LogP contribution in [0.15, 0.2) is 16.6 Å². The minimum absolute atomic E-state index is 0.0723. The molecule has 0 aliphatic heterocycles. The Morgan fingerprint density at radius 3 is 2.47 bits per heavy atom. The van der Waals surface area contributed by atoms with Gasteiger partial charge in [0.2, 0.25) is 0 Å². The van der Waals surface area contributed by atoms with Crippen LogP contribution in [0.5, 0.6) is 5.75 Å². The van der Waals surface area contributed by atoms with Gasteiger partial charge < -0.3 is 9.84 Å². The van der Waals surface area contributed by atoms with Crippen LogP contribution in [0.3, 0.4) is 0 Å². The van der Waals surface area contributed by atoms with Gasteiger partial charge in [0.25, 0.3) is 5.78 Å². The molecule has 4 nitrogen and oxygen atoms in total. The number of hydrogen-bond acceptors (Lipinski definition) is 3. The molecule has 0 aliphatic carbocycles. The van der Waals surface area contributed by atoms with Crippen molar-refractivity contribution in [2.45, 2.75) is 0 Å². The molecule has 6 heteroatoms. The lowest BCUT2D eigenvalue weighted by Crippen LogP contribution is -2.13. The molecule has 0 fully saturated rings. The van der Waals surface area contributed by atoms with E-state index in [0.29, 0.717) is 0 Å². The summed E-state index contributed by atoms with van der Waals surface area (Å²) in [5.41, 5.74) is -0.243. The quantitative estimate of drug-likeness (QED) is 0.676. The Labute approximate surface area is 92.8 Å². The lowest BCUT2D eigenvalue weighted by molar-refractivity contribution is -0.131. The minimum Gasteiger partial charge on any atom is -0.492 e. The average Bonchev–Trinajstić information content (AvgIpc) is 2.15. The topological polar surface area (TPSA) is 63.6 Å². The first-order valence-corrected chi connectivity index (χ1v) is 4.57. The second-order valence-electron chi connectivity index (χ2n) is 2.61. The highest BCUT2D eigenvalue weighted by molar-refractivity contribution is 9.10. The van der Waals surface area contributed by atoms with E-state index >= 15 is 0 Å². The van der Waals surface area contributed by atoms with Crippen molar-refractivity contribution in [3.05, 3.63) is 28.0 Å². The van der Waals surface area contributed by atoms with Crippen LogP contribution >= 0.6 is 15.9 Å². The zero-order valence-electron chi connectivity index (χ0n) is 7.58. The third-order valence-corrected chi connectivity index (χ3v) is 2.25. The van der Waals surface area contributed by atoms with Gasteiger partial charge in [-0.2, -0.15) is 0 Å². The van der Waals surface area contributed by atoms with Crippen molar-refractivity contribution in [1.82, 2.24) is 0 Å². The Kier molecular flexibility index (Phi) is 3.41. The van der Waals surface area contributed by atoms with Gasteiger partial charge >= 0.3 is 5.97 Å². The van der Waals surface area contributed by atoms with Crippen molar-refractivity contribution >= 4 is 27.7 Å². The van der Waals surface area contributed by atoms with Gasteiger partial charge in [0, 0.05) is 5.56 Å². The van der Waals surface area contributed by atoms with E-state index in [1.54, 1.807) is 0 Å². The SMILES string of the molecule is COc1c(F)cc(C(=O)C(=O)O)cc1Br. The first-order valence-electron chi connectivity index (χ1n) is 3.78. The van der Waals surface area contributed by atoms with Crippen LogP contribution in [0.2, 0.25) is 0 Å². The summed E-state index contributed by atoms with van der Waals surface area (Å²) in [5.74, 6) is -3.67. The number of methoxy groups -OCH3 is 1. The van der Waals surface area contributed by atoms with Gasteiger partial charge in [0.15, 0.2) is 11.6 Å². The lowest BCUT2D eigenvalue weighted by atomic mass is 10.1. The molecule has 15 heavy (non-hydrogen) atoms. The van der Waals surface area contributed by atoms with Crippen LogP contribution in [0, 0.1) is 5.82 Å². The summed E-state index contributed by atoms with van der Waals surface area (Å²) in [6, 6.07) is 2.01. The van der Waals surface area contributed by atoms with Crippen molar-refractivity contribution in [1.29, 1.82) is 0 Å². The van der Waals surface area contributed by atoms with Crippen molar-refractivity contribution < 1.29 is 23.8 Å². The van der Waals surface area contributed by atoms with Gasteiger partial charge in [-0.05, 0) is 28.1 Å². The highest BCUT2D eigenvalue weighted by Crippen LogP contribution is 2.29. The van der Waals surface area contributed by atoms with E-state index in [1.807, 2.05) is 0 Å². The highest BCUT2D eigenvalue weighted by Gasteiger charge is 2.18. The van der Waals surface area contributed by atoms with Crippen LogP contribution in [-0.4, -0.2) is 24.0 Å². The van der Waals surface area contributed by atoms with Crippen molar-refractivity contribution in [3.8, 4) is 5.75 Å². The zero-order chi connectivity index (χ0) is 11.6. The third kappa shape index (κ3) is 2.33. The standard InChI is InChI=1S/C9H6BrFO4/c1-15-8-5(10)2-4(3-6(8)11)7(12)9(13)14/h2-3H,1H3,(H,13,14). The number of aliphatic carboxylic acids is 1. The predicted octanol–water partition coefficient (Wildman–Crippen LogP) is 1.86. The lowest BCUT2D eigenvalue weighted by Gasteiger charge is -2.05. The van der Waals surface area contributed by atoms with Crippen LogP contribution in [0.25, 0.3) is 0 Å². The maximum Gasteiger partial charge on any atom is 0.377 e. The van der Waals surface area contributed by atoms with E-state index in [-0.39, 0.29) is 15.8 Å². The Bertz CT molecular complexity index is 407. The summed E-state index contributed by atoms with van der Waals surface area (Å²) in [5, 5.41) is 8.43. The van der Waals surface area contributed by atoms with Gasteiger partial charge in [0.1, 0.15) is 0 Å². The van der Waals surface area contributed by atoms with Crippen molar-refractivity contribution in [2.75, 3.05) is 7.11 Å². The van der Waals surface area contributed by atoms with Crippen LogP contribution in [-0.2, 0) is 4.79 Å². The average molecular weight is 277 g/mol. The number of ether oxygens (including phenoxy) is 1. The molecule has 1 N–H and O–H groups in total. The van der Waals surface area contributed by atoms with Crippen LogP contribution < -0.4 is 4.74 Å². The Morgan fingerprint density at radius 2 is 2.07 bits per heavy atom. The normalized spacial score (nSPS) is 9.80. The summed E-state index contributed by atoms with van der Waals surface area (Å²) >= 11 is 2.97. The summed E-state index contributed by atoms with van der Waals surface area (Å²) in [4.78, 5) is 21.4. The molecule has 0 heterocycles. The van der Waals surface area contributed by atoms with E-state index in [1.165, 1.54) is 13.2 Å². The fourth-order valence-electron chi connectivity index (χ4n) is 1.01. The fourth-order valence-corrected chi connectivity index (χ4v) is 1.61. The summed E-state index contributed by atoms with van der Waals surface area (Å²) < 4.78 is 18.1. The summed E-state index contributed by atoms with van der Waals surface area (Å²) in [6.45, 7) is 0. The molecule has 0 spiro atoms. The first-order chi connectivity index (χ1) is 6.97. The minimum atomic E-state index is -1.63. The first kappa shape index (κ1) is 11.6. The van der Waals surface area contributed by atoms with Gasteiger partial charge in [-0.25, -0.2) is 9.18 Å². The molecule has 0 radical (unpaired) electrons. The number of carboxylic acid groups (broad SMARTS) is 1. The second-order valence-corrected chi connectivity index (χ2v) is 3.46. The van der Waals surface area contributed by atoms with E-state index in [4.69, 9.17) is 9.84 Å². The fraction of sp³-hybridized carbons (Fsp3) is 0.111. The summed E-state index contributed by atoms with van der Waals surface area (Å²) in [7, 11) is 1.27. The zero-order valence-corrected chi connectivity index (χ0v) is 9.17.